The Morgan fingerprint density at radius 1 is 1.30 bits per heavy atom. The van der Waals surface area contributed by atoms with Crippen LogP contribution in [0.4, 0.5) is 0 Å². The van der Waals surface area contributed by atoms with Crippen LogP contribution in [-0.4, -0.2) is 17.0 Å². The Kier molecular flexibility index (Phi) is 4.55. The summed E-state index contributed by atoms with van der Waals surface area (Å²) in [6, 6.07) is 4.13. The molecule has 108 valence electrons. The van der Waals surface area contributed by atoms with Crippen molar-refractivity contribution in [2.24, 2.45) is 0 Å². The summed E-state index contributed by atoms with van der Waals surface area (Å²) in [7, 11) is 1.98. The lowest BCUT2D eigenvalue weighted by atomic mass is 9.91. The molecular weight excluding hydrogens is 266 g/mol. The van der Waals surface area contributed by atoms with Gasteiger partial charge in [0.25, 0.3) is 0 Å². The molecule has 0 radical (unpaired) electrons. The van der Waals surface area contributed by atoms with E-state index in [2.05, 4.69) is 44.1 Å². The zero-order chi connectivity index (χ0) is 14.8. The summed E-state index contributed by atoms with van der Waals surface area (Å²) in [6.07, 6.45) is 2.83. The summed E-state index contributed by atoms with van der Waals surface area (Å²) < 4.78 is 0. The summed E-state index contributed by atoms with van der Waals surface area (Å²) in [5.74, 6) is 0. The molecule has 0 fully saturated rings. The van der Waals surface area contributed by atoms with E-state index in [0.717, 1.165) is 23.7 Å². The zero-order valence-electron chi connectivity index (χ0n) is 12.9. The third-order valence-electron chi connectivity index (χ3n) is 3.22. The van der Waals surface area contributed by atoms with Gasteiger partial charge in [0.15, 0.2) is 0 Å². The van der Waals surface area contributed by atoms with E-state index in [-0.39, 0.29) is 5.41 Å². The van der Waals surface area contributed by atoms with E-state index in [9.17, 15) is 0 Å². The summed E-state index contributed by atoms with van der Waals surface area (Å²) >= 11 is 1.76. The molecule has 1 N–H and O–H groups in total. The molecule has 0 aromatic carbocycles. The first-order valence-electron chi connectivity index (χ1n) is 7.06. The molecule has 0 atom stereocenters. The average Bonchev–Trinajstić information content (AvgIpc) is 2.83. The van der Waals surface area contributed by atoms with Gasteiger partial charge in [-0.15, -0.1) is 11.3 Å². The highest BCUT2D eigenvalue weighted by Gasteiger charge is 2.24. The Morgan fingerprint density at radius 3 is 2.65 bits per heavy atom. The number of hydrogen-bond donors (Lipinski definition) is 1. The number of aryl methyl sites for hydroxylation is 1. The molecule has 0 aliphatic rings. The van der Waals surface area contributed by atoms with Crippen molar-refractivity contribution in [3.05, 3.63) is 34.5 Å². The van der Waals surface area contributed by atoms with Gasteiger partial charge >= 0.3 is 0 Å². The van der Waals surface area contributed by atoms with Gasteiger partial charge in [0.2, 0.25) is 0 Å². The second-order valence-electron chi connectivity index (χ2n) is 5.94. The molecular formula is C16H23N3S. The van der Waals surface area contributed by atoms with Crippen molar-refractivity contribution in [3.8, 4) is 10.7 Å². The Balaban J connectivity index is 2.53. The van der Waals surface area contributed by atoms with E-state index in [4.69, 9.17) is 4.98 Å². The van der Waals surface area contributed by atoms with Crippen molar-refractivity contribution in [2.45, 2.75) is 46.1 Å². The van der Waals surface area contributed by atoms with E-state index in [1.807, 2.05) is 19.3 Å². The van der Waals surface area contributed by atoms with Gasteiger partial charge < -0.3 is 5.32 Å². The lowest BCUT2D eigenvalue weighted by molar-refractivity contribution is 0.563. The second-order valence-corrected chi connectivity index (χ2v) is 7.02. The molecule has 2 heterocycles. The van der Waals surface area contributed by atoms with E-state index < -0.39 is 0 Å². The van der Waals surface area contributed by atoms with Crippen LogP contribution in [0.15, 0.2) is 18.3 Å². The summed E-state index contributed by atoms with van der Waals surface area (Å²) in [5.41, 5.74) is 3.53. The van der Waals surface area contributed by atoms with Crippen molar-refractivity contribution >= 4 is 11.3 Å². The van der Waals surface area contributed by atoms with E-state index in [0.29, 0.717) is 0 Å². The summed E-state index contributed by atoms with van der Waals surface area (Å²) in [6.45, 7) is 9.66. The van der Waals surface area contributed by atoms with Gasteiger partial charge in [-0.2, -0.15) is 0 Å². The molecule has 0 amide bonds. The molecule has 2 aromatic heterocycles. The number of rotatable bonds is 4. The number of hydrogen-bond acceptors (Lipinski definition) is 4. The van der Waals surface area contributed by atoms with Crippen LogP contribution in [0.25, 0.3) is 10.7 Å². The molecule has 2 rings (SSSR count). The molecule has 0 aliphatic heterocycles. The normalized spacial score (nSPS) is 11.8. The predicted octanol–water partition coefficient (Wildman–Crippen LogP) is 3.78. The Hall–Kier alpha value is -1.26. The largest absolute Gasteiger partial charge is 0.315 e. The Bertz CT molecular complexity index is 582. The van der Waals surface area contributed by atoms with E-state index in [1.165, 1.54) is 16.1 Å². The van der Waals surface area contributed by atoms with Crippen LogP contribution in [0, 0.1) is 0 Å². The summed E-state index contributed by atoms with van der Waals surface area (Å²) in [4.78, 5) is 10.7. The minimum absolute atomic E-state index is 0.0576. The van der Waals surface area contributed by atoms with Crippen molar-refractivity contribution in [3.63, 3.8) is 0 Å². The van der Waals surface area contributed by atoms with Gasteiger partial charge in [-0.1, -0.05) is 33.8 Å². The van der Waals surface area contributed by atoms with Gasteiger partial charge in [-0.05, 0) is 25.1 Å². The first-order valence-corrected chi connectivity index (χ1v) is 7.88. The van der Waals surface area contributed by atoms with Crippen LogP contribution >= 0.6 is 11.3 Å². The van der Waals surface area contributed by atoms with Crippen LogP contribution in [0.2, 0.25) is 0 Å². The van der Waals surface area contributed by atoms with Gasteiger partial charge in [-0.3, -0.25) is 4.98 Å². The number of nitrogens with zero attached hydrogens (tertiary/aromatic N) is 2. The smallest absolute Gasteiger partial charge is 0.142 e. The fraction of sp³-hybridized carbons (Fsp3) is 0.500. The zero-order valence-corrected chi connectivity index (χ0v) is 13.8. The van der Waals surface area contributed by atoms with Crippen LogP contribution in [-0.2, 0) is 18.4 Å². The molecule has 0 bridgehead atoms. The fourth-order valence-corrected chi connectivity index (χ4v) is 3.55. The van der Waals surface area contributed by atoms with Crippen molar-refractivity contribution in [2.75, 3.05) is 7.05 Å². The molecule has 0 spiro atoms. The number of thiazole rings is 1. The van der Waals surface area contributed by atoms with E-state index >= 15 is 0 Å². The highest BCUT2D eigenvalue weighted by Crippen LogP contribution is 2.34. The minimum Gasteiger partial charge on any atom is -0.315 e. The monoisotopic (exact) mass is 289 g/mol. The Morgan fingerprint density at radius 2 is 2.05 bits per heavy atom. The fourth-order valence-electron chi connectivity index (χ4n) is 2.24. The maximum Gasteiger partial charge on any atom is 0.142 e. The first kappa shape index (κ1) is 15.1. The number of nitrogens with one attached hydrogen (secondary N) is 1. The van der Waals surface area contributed by atoms with Gasteiger partial charge in [0, 0.05) is 23.0 Å². The quantitative estimate of drug-likeness (QED) is 0.930. The standard InChI is InChI=1S/C16H23N3S/c1-6-11-8-7-9-18-13(11)15-19-14(16(2,3)4)12(20-15)10-17-5/h7-9,17H,6,10H2,1-5H3. The molecule has 0 saturated carbocycles. The summed E-state index contributed by atoms with van der Waals surface area (Å²) in [5, 5.41) is 4.28. The molecule has 4 heteroatoms. The minimum atomic E-state index is 0.0576. The third-order valence-corrected chi connectivity index (χ3v) is 4.28. The van der Waals surface area contributed by atoms with Gasteiger partial charge in [-0.25, -0.2) is 4.98 Å². The second kappa shape index (κ2) is 6.02. The molecule has 2 aromatic rings. The maximum absolute atomic E-state index is 4.89. The highest BCUT2D eigenvalue weighted by molar-refractivity contribution is 7.15. The SMILES string of the molecule is CCc1cccnc1-c1nc(C(C)(C)C)c(CNC)s1. The van der Waals surface area contributed by atoms with Gasteiger partial charge in [0.05, 0.1) is 5.69 Å². The van der Waals surface area contributed by atoms with Crippen LogP contribution < -0.4 is 5.32 Å². The van der Waals surface area contributed by atoms with Crippen molar-refractivity contribution in [1.82, 2.24) is 15.3 Å². The average molecular weight is 289 g/mol. The first-order chi connectivity index (χ1) is 9.47. The topological polar surface area (TPSA) is 37.8 Å². The van der Waals surface area contributed by atoms with Crippen molar-refractivity contribution in [1.29, 1.82) is 0 Å². The molecule has 3 nitrogen and oxygen atoms in total. The van der Waals surface area contributed by atoms with Crippen LogP contribution in [0.1, 0.15) is 43.8 Å². The van der Waals surface area contributed by atoms with Crippen molar-refractivity contribution < 1.29 is 0 Å². The van der Waals surface area contributed by atoms with Gasteiger partial charge in [0.1, 0.15) is 10.7 Å². The van der Waals surface area contributed by atoms with Crippen LogP contribution in [0.5, 0.6) is 0 Å². The number of aromatic nitrogens is 2. The molecule has 20 heavy (non-hydrogen) atoms. The molecule has 0 aliphatic carbocycles. The third kappa shape index (κ3) is 3.07. The highest BCUT2D eigenvalue weighted by atomic mass is 32.1. The van der Waals surface area contributed by atoms with E-state index in [1.54, 1.807) is 11.3 Å². The van der Waals surface area contributed by atoms with Crippen LogP contribution in [0.3, 0.4) is 0 Å². The molecule has 0 saturated heterocycles. The molecule has 0 unspecified atom stereocenters. The number of pyridine rings is 1. The maximum atomic E-state index is 4.89. The predicted molar refractivity (Wildman–Crippen MR) is 86.2 cm³/mol. The Labute approximate surface area is 125 Å². The lowest BCUT2D eigenvalue weighted by Crippen LogP contribution is -2.16. The lowest BCUT2D eigenvalue weighted by Gasteiger charge is -2.17.